The summed E-state index contributed by atoms with van der Waals surface area (Å²) in [4.78, 5) is 12.5. The molecule has 0 saturated carbocycles. The Hall–Kier alpha value is -2.64. The van der Waals surface area contributed by atoms with Crippen LogP contribution >= 0.6 is 0 Å². The molecule has 0 aromatic heterocycles. The topological polar surface area (TPSA) is 86.8 Å². The van der Waals surface area contributed by atoms with Gasteiger partial charge in [-0.1, -0.05) is 0 Å². The van der Waals surface area contributed by atoms with E-state index in [1.807, 2.05) is 24.3 Å². The molecule has 1 N–H and O–H groups in total. The van der Waals surface area contributed by atoms with Crippen LogP contribution in [0.5, 0.6) is 0 Å². The molecule has 2 rings (SSSR count). The standard InChI is InChI=1S/C18H22N4O3/c1-3-22(12-13-25-14(2)23)18-10-8-16(9-11-18)20-19-15-4-6-17(21-24)7-5-15/h4-11,14,23H,3,12-13H2,1-2H3. The molecule has 0 spiro atoms. The maximum atomic E-state index is 10.4. The molecule has 0 fully saturated rings. The average molecular weight is 342 g/mol. The van der Waals surface area contributed by atoms with Crippen LogP contribution in [-0.4, -0.2) is 31.1 Å². The second-order valence-corrected chi connectivity index (χ2v) is 5.37. The van der Waals surface area contributed by atoms with E-state index in [2.05, 4.69) is 27.2 Å². The summed E-state index contributed by atoms with van der Waals surface area (Å²) in [6, 6.07) is 14.3. The molecule has 2 aromatic rings. The molecular weight excluding hydrogens is 320 g/mol. The third-order valence-electron chi connectivity index (χ3n) is 3.55. The summed E-state index contributed by atoms with van der Waals surface area (Å²) in [5, 5.41) is 20.3. The number of aliphatic hydroxyl groups excluding tert-OH is 1. The van der Waals surface area contributed by atoms with Crippen molar-refractivity contribution in [1.82, 2.24) is 0 Å². The molecule has 1 unspecified atom stereocenters. The van der Waals surface area contributed by atoms with Crippen molar-refractivity contribution >= 4 is 22.7 Å². The number of aliphatic hydroxyl groups is 1. The Balaban J connectivity index is 1.97. The zero-order chi connectivity index (χ0) is 18.1. The Morgan fingerprint density at radius 3 is 2.00 bits per heavy atom. The highest BCUT2D eigenvalue weighted by Gasteiger charge is 2.05. The number of benzene rings is 2. The van der Waals surface area contributed by atoms with Gasteiger partial charge in [-0.15, -0.1) is 4.91 Å². The fraction of sp³-hybridized carbons (Fsp3) is 0.333. The summed E-state index contributed by atoms with van der Waals surface area (Å²) in [5.41, 5.74) is 2.80. The molecule has 0 aliphatic carbocycles. The van der Waals surface area contributed by atoms with Gasteiger partial charge in [-0.3, -0.25) is 0 Å². The Labute approximate surface area is 146 Å². The predicted molar refractivity (Wildman–Crippen MR) is 98.0 cm³/mol. The number of likely N-dealkylation sites (N-methyl/N-ethyl adjacent to an activating group) is 1. The molecule has 25 heavy (non-hydrogen) atoms. The van der Waals surface area contributed by atoms with Gasteiger partial charge < -0.3 is 14.7 Å². The van der Waals surface area contributed by atoms with Gasteiger partial charge in [-0.25, -0.2) is 0 Å². The van der Waals surface area contributed by atoms with Gasteiger partial charge in [0.1, 0.15) is 5.69 Å². The second-order valence-electron chi connectivity index (χ2n) is 5.37. The van der Waals surface area contributed by atoms with Gasteiger partial charge in [-0.2, -0.15) is 10.2 Å². The third-order valence-corrected chi connectivity index (χ3v) is 3.55. The number of hydrogen-bond acceptors (Lipinski definition) is 7. The first-order valence-electron chi connectivity index (χ1n) is 8.12. The molecule has 7 heteroatoms. The number of rotatable bonds is 9. The van der Waals surface area contributed by atoms with Gasteiger partial charge in [-0.05, 0) is 67.6 Å². The van der Waals surface area contributed by atoms with E-state index in [1.54, 1.807) is 31.2 Å². The highest BCUT2D eigenvalue weighted by molar-refractivity contribution is 5.53. The fourth-order valence-electron chi connectivity index (χ4n) is 2.23. The maximum absolute atomic E-state index is 10.4. The predicted octanol–water partition coefficient (Wildman–Crippen LogP) is 4.68. The minimum atomic E-state index is -0.752. The lowest BCUT2D eigenvalue weighted by Crippen LogP contribution is -2.28. The molecule has 0 amide bonds. The zero-order valence-electron chi connectivity index (χ0n) is 14.4. The monoisotopic (exact) mass is 342 g/mol. The van der Waals surface area contributed by atoms with Crippen LogP contribution in [0, 0.1) is 4.91 Å². The molecule has 132 valence electrons. The molecule has 1 atom stereocenters. The van der Waals surface area contributed by atoms with Crippen LogP contribution in [0.15, 0.2) is 63.9 Å². The smallest absolute Gasteiger partial charge is 0.151 e. The highest BCUT2D eigenvalue weighted by atomic mass is 16.6. The Morgan fingerprint density at radius 1 is 1.00 bits per heavy atom. The number of hydrogen-bond donors (Lipinski definition) is 1. The largest absolute Gasteiger partial charge is 0.369 e. The average Bonchev–Trinajstić information content (AvgIpc) is 2.64. The molecule has 2 aromatic carbocycles. The number of ether oxygens (including phenoxy) is 1. The Morgan fingerprint density at radius 2 is 1.52 bits per heavy atom. The number of nitrogens with zero attached hydrogens (tertiary/aromatic N) is 4. The molecule has 0 aliphatic rings. The van der Waals surface area contributed by atoms with Crippen LogP contribution in [-0.2, 0) is 4.74 Å². The van der Waals surface area contributed by atoms with Crippen LogP contribution in [0.1, 0.15) is 13.8 Å². The second kappa shape index (κ2) is 9.61. The molecule has 7 nitrogen and oxygen atoms in total. The van der Waals surface area contributed by atoms with Crippen molar-refractivity contribution < 1.29 is 9.84 Å². The number of azo groups is 1. The van der Waals surface area contributed by atoms with Crippen molar-refractivity contribution in [3.05, 3.63) is 53.4 Å². The molecule has 0 heterocycles. The van der Waals surface area contributed by atoms with Crippen LogP contribution in [0.2, 0.25) is 0 Å². The maximum Gasteiger partial charge on any atom is 0.151 e. The summed E-state index contributed by atoms with van der Waals surface area (Å²) in [5.74, 6) is 0. The van der Waals surface area contributed by atoms with Crippen molar-refractivity contribution in [2.45, 2.75) is 20.1 Å². The summed E-state index contributed by atoms with van der Waals surface area (Å²) in [6.07, 6.45) is -0.752. The van der Waals surface area contributed by atoms with Crippen LogP contribution < -0.4 is 4.90 Å². The Bertz CT molecular complexity index is 684. The van der Waals surface area contributed by atoms with Gasteiger partial charge in [0, 0.05) is 18.8 Å². The number of nitroso groups, excluding NO2 is 1. The van der Waals surface area contributed by atoms with Crippen LogP contribution in [0.3, 0.4) is 0 Å². The van der Waals surface area contributed by atoms with E-state index in [-0.39, 0.29) is 0 Å². The van der Waals surface area contributed by atoms with Crippen molar-refractivity contribution in [2.75, 3.05) is 24.6 Å². The van der Waals surface area contributed by atoms with Gasteiger partial charge in [0.2, 0.25) is 0 Å². The Kier molecular flexibility index (Phi) is 7.18. The first-order chi connectivity index (χ1) is 12.1. The fourth-order valence-corrected chi connectivity index (χ4v) is 2.23. The van der Waals surface area contributed by atoms with Crippen LogP contribution in [0.4, 0.5) is 22.7 Å². The lowest BCUT2D eigenvalue weighted by Gasteiger charge is -2.23. The van der Waals surface area contributed by atoms with Crippen molar-refractivity contribution in [3.63, 3.8) is 0 Å². The molecule has 0 saturated heterocycles. The summed E-state index contributed by atoms with van der Waals surface area (Å²) in [6.45, 7) is 5.64. The summed E-state index contributed by atoms with van der Waals surface area (Å²) in [7, 11) is 0. The summed E-state index contributed by atoms with van der Waals surface area (Å²) >= 11 is 0. The van der Waals surface area contributed by atoms with Gasteiger partial charge >= 0.3 is 0 Å². The normalized spacial score (nSPS) is 12.3. The van der Waals surface area contributed by atoms with Crippen LogP contribution in [0.25, 0.3) is 0 Å². The van der Waals surface area contributed by atoms with Gasteiger partial charge in [0.15, 0.2) is 6.29 Å². The first kappa shape index (κ1) is 18.7. The summed E-state index contributed by atoms with van der Waals surface area (Å²) < 4.78 is 5.18. The van der Waals surface area contributed by atoms with E-state index in [0.717, 1.165) is 17.9 Å². The van der Waals surface area contributed by atoms with Gasteiger partial charge in [0.05, 0.1) is 18.0 Å². The van der Waals surface area contributed by atoms with E-state index in [4.69, 9.17) is 9.84 Å². The van der Waals surface area contributed by atoms with Crippen molar-refractivity contribution in [3.8, 4) is 0 Å². The van der Waals surface area contributed by atoms with E-state index < -0.39 is 6.29 Å². The van der Waals surface area contributed by atoms with Crippen molar-refractivity contribution in [1.29, 1.82) is 0 Å². The third kappa shape index (κ3) is 6.06. The lowest BCUT2D eigenvalue weighted by atomic mass is 10.2. The molecule has 0 radical (unpaired) electrons. The SMILES string of the molecule is CCN(CCOC(C)O)c1ccc(N=Nc2ccc(N=O)cc2)cc1. The molecular formula is C18H22N4O3. The lowest BCUT2D eigenvalue weighted by molar-refractivity contribution is -0.0822. The quantitative estimate of drug-likeness (QED) is 0.407. The highest BCUT2D eigenvalue weighted by Crippen LogP contribution is 2.23. The van der Waals surface area contributed by atoms with E-state index in [0.29, 0.717) is 24.5 Å². The zero-order valence-corrected chi connectivity index (χ0v) is 14.4. The molecule has 0 aliphatic heterocycles. The molecule has 0 bridgehead atoms. The minimum absolute atomic E-state index is 0.363. The van der Waals surface area contributed by atoms with E-state index >= 15 is 0 Å². The van der Waals surface area contributed by atoms with E-state index in [1.165, 1.54) is 0 Å². The first-order valence-corrected chi connectivity index (χ1v) is 8.12. The van der Waals surface area contributed by atoms with Gasteiger partial charge in [0.25, 0.3) is 0 Å². The van der Waals surface area contributed by atoms with Crippen molar-refractivity contribution in [2.24, 2.45) is 15.4 Å². The minimum Gasteiger partial charge on any atom is -0.369 e. The number of anilines is 1. The van der Waals surface area contributed by atoms with E-state index in [9.17, 15) is 4.91 Å².